The van der Waals surface area contributed by atoms with Crippen LogP contribution in [0.5, 0.6) is 5.75 Å². The van der Waals surface area contributed by atoms with E-state index in [0.717, 1.165) is 37.1 Å². The molecule has 1 saturated heterocycles. The number of carbonyl (C=O) groups is 1. The maximum atomic E-state index is 12.7. The van der Waals surface area contributed by atoms with Gasteiger partial charge in [0.25, 0.3) is 5.91 Å². The van der Waals surface area contributed by atoms with Gasteiger partial charge in [-0.2, -0.15) is 0 Å². The van der Waals surface area contributed by atoms with E-state index in [1.807, 2.05) is 47.4 Å². The monoisotopic (exact) mass is 368 g/mol. The van der Waals surface area contributed by atoms with E-state index >= 15 is 0 Å². The highest BCUT2D eigenvalue weighted by atomic mass is 35.5. The van der Waals surface area contributed by atoms with Gasteiger partial charge in [0.05, 0.1) is 12.2 Å². The molecule has 0 saturated carbocycles. The Hall–Kier alpha value is -1.78. The molecule has 1 unspecified atom stereocenters. The lowest BCUT2D eigenvalue weighted by Crippen LogP contribution is -2.46. The molecule has 6 heteroatoms. The highest BCUT2D eigenvalue weighted by molar-refractivity contribution is 5.94. The highest BCUT2D eigenvalue weighted by Crippen LogP contribution is 2.21. The normalized spacial score (nSPS) is 16.5. The van der Waals surface area contributed by atoms with Crippen LogP contribution in [0, 0.1) is 0 Å². The summed E-state index contributed by atoms with van der Waals surface area (Å²) >= 11 is 0. The van der Waals surface area contributed by atoms with Crippen LogP contribution in [0.15, 0.2) is 54.9 Å². The van der Waals surface area contributed by atoms with Gasteiger partial charge in [-0.05, 0) is 43.5 Å². The lowest BCUT2D eigenvalue weighted by atomic mass is 10.0. The Kier molecular flexibility index (Phi) is 8.58. The predicted molar refractivity (Wildman–Crippen MR) is 99.3 cm³/mol. The van der Waals surface area contributed by atoms with Crippen molar-refractivity contribution in [2.75, 3.05) is 13.2 Å². The third-order valence-corrected chi connectivity index (χ3v) is 3.99. The fraction of sp³-hybridized carbons (Fsp3) is 0.333. The van der Waals surface area contributed by atoms with Crippen molar-refractivity contribution >= 4 is 30.7 Å². The number of nitrogens with zero attached hydrogens (tertiary/aromatic N) is 2. The fourth-order valence-corrected chi connectivity index (χ4v) is 2.81. The molecular formula is C18H22Cl2N2O2. The largest absolute Gasteiger partial charge is 0.490 e. The number of likely N-dealkylation sites (tertiary alicyclic amines) is 1. The number of amides is 1. The number of benzene rings is 1. The van der Waals surface area contributed by atoms with Gasteiger partial charge in [0.2, 0.25) is 0 Å². The Balaban J connectivity index is 0.00000144. The van der Waals surface area contributed by atoms with Crippen molar-refractivity contribution in [2.45, 2.75) is 25.3 Å². The van der Waals surface area contributed by atoms with Crippen LogP contribution < -0.4 is 4.74 Å². The molecule has 1 aliphatic rings. The number of hydrogen-bond acceptors (Lipinski definition) is 3. The number of hydrogen-bond donors (Lipinski definition) is 0. The van der Waals surface area contributed by atoms with Crippen molar-refractivity contribution in [2.24, 2.45) is 0 Å². The maximum Gasteiger partial charge on any atom is 0.254 e. The minimum atomic E-state index is 0. The molecule has 0 N–H and O–H groups in total. The third-order valence-electron chi connectivity index (χ3n) is 3.99. The second-order valence-electron chi connectivity index (χ2n) is 5.51. The first-order valence-corrected chi connectivity index (χ1v) is 7.73. The first-order chi connectivity index (χ1) is 10.8. The molecular weight excluding hydrogens is 347 g/mol. The summed E-state index contributed by atoms with van der Waals surface area (Å²) in [6, 6.07) is 13.3. The van der Waals surface area contributed by atoms with E-state index in [-0.39, 0.29) is 36.8 Å². The summed E-state index contributed by atoms with van der Waals surface area (Å²) < 4.78 is 5.81. The number of pyridine rings is 1. The first-order valence-electron chi connectivity index (χ1n) is 7.73. The van der Waals surface area contributed by atoms with Gasteiger partial charge >= 0.3 is 0 Å². The molecule has 0 aliphatic carbocycles. The lowest BCUT2D eigenvalue weighted by Gasteiger charge is -2.35. The molecule has 4 nitrogen and oxygen atoms in total. The van der Waals surface area contributed by atoms with Crippen molar-refractivity contribution in [3.05, 3.63) is 60.4 Å². The van der Waals surface area contributed by atoms with E-state index in [1.54, 1.807) is 12.4 Å². The molecule has 3 rings (SSSR count). The summed E-state index contributed by atoms with van der Waals surface area (Å²) in [5, 5.41) is 0. The van der Waals surface area contributed by atoms with Crippen LogP contribution in [0.4, 0.5) is 0 Å². The average molecular weight is 369 g/mol. The van der Waals surface area contributed by atoms with Crippen LogP contribution in [0.25, 0.3) is 0 Å². The third kappa shape index (κ3) is 5.11. The quantitative estimate of drug-likeness (QED) is 0.818. The minimum absolute atomic E-state index is 0. The summed E-state index contributed by atoms with van der Waals surface area (Å²) in [4.78, 5) is 18.7. The summed E-state index contributed by atoms with van der Waals surface area (Å²) in [6.07, 6.45) is 6.60. The Bertz CT molecular complexity index is 611. The van der Waals surface area contributed by atoms with E-state index in [2.05, 4.69) is 4.98 Å². The van der Waals surface area contributed by atoms with Crippen molar-refractivity contribution < 1.29 is 9.53 Å². The fourth-order valence-electron chi connectivity index (χ4n) is 2.81. The number of rotatable bonds is 4. The zero-order valence-corrected chi connectivity index (χ0v) is 15.0. The van der Waals surface area contributed by atoms with Gasteiger partial charge in [-0.15, -0.1) is 24.8 Å². The average Bonchev–Trinajstić information content (AvgIpc) is 2.61. The molecule has 1 atom stereocenters. The molecule has 0 spiro atoms. The van der Waals surface area contributed by atoms with Crippen LogP contribution in [0.2, 0.25) is 0 Å². The van der Waals surface area contributed by atoms with Gasteiger partial charge in [-0.3, -0.25) is 9.78 Å². The number of carbonyl (C=O) groups excluding carboxylic acids is 1. The predicted octanol–water partition coefficient (Wildman–Crippen LogP) is 4.00. The van der Waals surface area contributed by atoms with Gasteiger partial charge in [0.15, 0.2) is 0 Å². The van der Waals surface area contributed by atoms with Crippen molar-refractivity contribution in [1.29, 1.82) is 0 Å². The zero-order valence-electron chi connectivity index (χ0n) is 13.3. The van der Waals surface area contributed by atoms with Gasteiger partial charge in [-0.1, -0.05) is 18.2 Å². The van der Waals surface area contributed by atoms with Crippen molar-refractivity contribution in [3.63, 3.8) is 0 Å². The van der Waals surface area contributed by atoms with Gasteiger partial charge in [0.1, 0.15) is 12.4 Å². The Morgan fingerprint density at radius 2 is 1.92 bits per heavy atom. The van der Waals surface area contributed by atoms with Gasteiger partial charge in [0, 0.05) is 18.3 Å². The Labute approximate surface area is 155 Å². The van der Waals surface area contributed by atoms with Crippen LogP contribution >= 0.6 is 24.8 Å². The van der Waals surface area contributed by atoms with E-state index < -0.39 is 0 Å². The standard InChI is InChI=1S/C18H20N2O2.2ClH/c21-18(15-7-2-1-3-8-15)20-12-5-4-9-16(20)14-22-17-10-6-11-19-13-17;;/h1-3,6-8,10-11,13,16H,4-5,9,12,14H2;2*1H. The van der Waals surface area contributed by atoms with E-state index in [0.29, 0.717) is 6.61 Å². The SMILES string of the molecule is Cl.Cl.O=C(c1ccccc1)N1CCCCC1COc1cccnc1. The number of aromatic nitrogens is 1. The highest BCUT2D eigenvalue weighted by Gasteiger charge is 2.27. The topological polar surface area (TPSA) is 42.4 Å². The molecule has 130 valence electrons. The lowest BCUT2D eigenvalue weighted by molar-refractivity contribution is 0.0528. The number of ether oxygens (including phenoxy) is 1. The van der Waals surface area contributed by atoms with E-state index in [9.17, 15) is 4.79 Å². The second-order valence-corrected chi connectivity index (χ2v) is 5.51. The summed E-state index contributed by atoms with van der Waals surface area (Å²) in [5.74, 6) is 0.847. The van der Waals surface area contributed by atoms with Crippen molar-refractivity contribution in [1.82, 2.24) is 9.88 Å². The summed E-state index contributed by atoms with van der Waals surface area (Å²) in [6.45, 7) is 1.32. The molecule has 1 aromatic heterocycles. The molecule has 1 aliphatic heterocycles. The summed E-state index contributed by atoms with van der Waals surface area (Å²) in [5.41, 5.74) is 0.746. The van der Waals surface area contributed by atoms with Gasteiger partial charge in [-0.25, -0.2) is 0 Å². The molecule has 2 heterocycles. The molecule has 24 heavy (non-hydrogen) atoms. The first kappa shape index (κ1) is 20.3. The number of piperidine rings is 1. The minimum Gasteiger partial charge on any atom is -0.490 e. The van der Waals surface area contributed by atoms with Crippen LogP contribution in [0.1, 0.15) is 29.6 Å². The van der Waals surface area contributed by atoms with Crippen LogP contribution in [-0.4, -0.2) is 35.0 Å². The molecule has 0 bridgehead atoms. The van der Waals surface area contributed by atoms with Gasteiger partial charge < -0.3 is 9.64 Å². The molecule has 0 radical (unpaired) electrons. The molecule has 1 amide bonds. The number of halogens is 2. The smallest absolute Gasteiger partial charge is 0.254 e. The van der Waals surface area contributed by atoms with Crippen LogP contribution in [0.3, 0.4) is 0 Å². The molecule has 2 aromatic rings. The molecule has 1 fully saturated rings. The van der Waals surface area contributed by atoms with E-state index in [4.69, 9.17) is 4.74 Å². The summed E-state index contributed by atoms with van der Waals surface area (Å²) in [7, 11) is 0. The Morgan fingerprint density at radius 1 is 1.12 bits per heavy atom. The van der Waals surface area contributed by atoms with Crippen molar-refractivity contribution in [3.8, 4) is 5.75 Å². The van der Waals surface area contributed by atoms with E-state index in [1.165, 1.54) is 0 Å². The Morgan fingerprint density at radius 3 is 2.62 bits per heavy atom. The second kappa shape index (κ2) is 10.2. The van der Waals surface area contributed by atoms with Crippen LogP contribution in [-0.2, 0) is 0 Å². The maximum absolute atomic E-state index is 12.7. The molecule has 1 aromatic carbocycles. The zero-order chi connectivity index (χ0) is 15.2.